The predicted octanol–water partition coefficient (Wildman–Crippen LogP) is 6.01. The van der Waals surface area contributed by atoms with Crippen molar-refractivity contribution in [3.05, 3.63) is 54.2 Å². The van der Waals surface area contributed by atoms with Crippen LogP contribution in [0.3, 0.4) is 0 Å². The molecule has 3 nitrogen and oxygen atoms in total. The van der Waals surface area contributed by atoms with Gasteiger partial charge in [-0.15, -0.1) is 0 Å². The largest absolute Gasteiger partial charge is 0.378 e. The highest BCUT2D eigenvalue weighted by atomic mass is 32.1. The fourth-order valence-corrected chi connectivity index (χ4v) is 4.42. The molecule has 0 saturated heterocycles. The molecule has 0 aliphatic rings. The van der Waals surface area contributed by atoms with E-state index in [-0.39, 0.29) is 0 Å². The molecule has 2 heterocycles. The molecule has 0 N–H and O–H groups in total. The number of hydrogen-bond donors (Lipinski definition) is 0. The van der Waals surface area contributed by atoms with Crippen molar-refractivity contribution in [3.63, 3.8) is 0 Å². The third-order valence-electron chi connectivity index (χ3n) is 4.91. The molecule has 0 atom stereocenters. The quantitative estimate of drug-likeness (QED) is 0.391. The van der Waals surface area contributed by atoms with Gasteiger partial charge in [-0.1, -0.05) is 49.3 Å². The minimum absolute atomic E-state index is 1.04. The number of anilines is 1. The normalized spacial score (nSPS) is 11.5. The maximum atomic E-state index is 4.87. The first-order valence-electron chi connectivity index (χ1n) is 9.34. The maximum absolute atomic E-state index is 4.87. The minimum Gasteiger partial charge on any atom is -0.378 e. The van der Waals surface area contributed by atoms with Gasteiger partial charge in [0.15, 0.2) is 4.96 Å². The Morgan fingerprint density at radius 2 is 1.85 bits per heavy atom. The highest BCUT2D eigenvalue weighted by molar-refractivity contribution is 7.23. The Balaban J connectivity index is 1.65. The van der Waals surface area contributed by atoms with Crippen molar-refractivity contribution in [1.29, 1.82) is 0 Å². The lowest BCUT2D eigenvalue weighted by atomic mass is 10.1. The van der Waals surface area contributed by atoms with E-state index in [0.29, 0.717) is 0 Å². The number of aromatic nitrogens is 2. The fraction of sp³-hybridized carbons (Fsp3) is 0.318. The third kappa shape index (κ3) is 3.21. The molecular formula is C22H25N3S. The van der Waals surface area contributed by atoms with Gasteiger partial charge in [0.2, 0.25) is 0 Å². The van der Waals surface area contributed by atoms with Crippen LogP contribution in [0.5, 0.6) is 0 Å². The first-order valence-corrected chi connectivity index (χ1v) is 10.2. The van der Waals surface area contributed by atoms with Gasteiger partial charge in [-0.05, 0) is 42.7 Å². The summed E-state index contributed by atoms with van der Waals surface area (Å²) in [5.41, 5.74) is 6.10. The third-order valence-corrected chi connectivity index (χ3v) is 5.92. The molecular weight excluding hydrogens is 338 g/mol. The average molecular weight is 364 g/mol. The van der Waals surface area contributed by atoms with Crippen LogP contribution < -0.4 is 4.90 Å². The van der Waals surface area contributed by atoms with E-state index in [1.807, 2.05) is 0 Å². The lowest BCUT2D eigenvalue weighted by Gasteiger charge is -2.12. The average Bonchev–Trinajstić information content (AvgIpc) is 3.19. The zero-order chi connectivity index (χ0) is 18.1. The lowest BCUT2D eigenvalue weighted by Crippen LogP contribution is -2.07. The smallest absolute Gasteiger partial charge is 0.195 e. The number of aryl methyl sites for hydroxylation is 1. The summed E-state index contributed by atoms with van der Waals surface area (Å²) in [7, 11) is 4.12. The van der Waals surface area contributed by atoms with E-state index in [4.69, 9.17) is 4.98 Å². The molecule has 0 saturated carbocycles. The number of fused-ring (bicyclic) bond motifs is 3. The fourth-order valence-electron chi connectivity index (χ4n) is 3.35. The maximum Gasteiger partial charge on any atom is 0.195 e. The number of rotatable bonds is 6. The van der Waals surface area contributed by atoms with Crippen LogP contribution in [0, 0.1) is 0 Å². The van der Waals surface area contributed by atoms with E-state index in [0.717, 1.165) is 16.2 Å². The second-order valence-corrected chi connectivity index (χ2v) is 8.09. The van der Waals surface area contributed by atoms with Crippen molar-refractivity contribution < 1.29 is 0 Å². The van der Waals surface area contributed by atoms with Crippen molar-refractivity contribution >= 4 is 32.2 Å². The molecule has 0 aliphatic heterocycles. The van der Waals surface area contributed by atoms with Crippen LogP contribution in [0.25, 0.3) is 26.4 Å². The summed E-state index contributed by atoms with van der Waals surface area (Å²) in [6.45, 7) is 2.25. The SMILES string of the molecule is CCCCCc1ccc2c(c1)sc1nc(-c3ccc(N(C)C)cc3)cn12. The Bertz CT molecular complexity index is 1020. The van der Waals surface area contributed by atoms with Gasteiger partial charge in [-0.25, -0.2) is 4.98 Å². The summed E-state index contributed by atoms with van der Waals surface area (Å²) in [5.74, 6) is 0. The highest BCUT2D eigenvalue weighted by Gasteiger charge is 2.11. The standard InChI is InChI=1S/C22H25N3S/c1-4-5-6-7-16-8-13-20-21(14-16)26-22-23-19(15-25(20)22)17-9-11-18(12-10-17)24(2)3/h8-15H,4-7H2,1-3H3. The molecule has 0 fully saturated rings. The summed E-state index contributed by atoms with van der Waals surface area (Å²) in [6, 6.07) is 15.4. The van der Waals surface area contributed by atoms with Crippen LogP contribution in [0.4, 0.5) is 5.69 Å². The Hall–Kier alpha value is -2.33. The van der Waals surface area contributed by atoms with Gasteiger partial charge < -0.3 is 4.90 Å². The Labute approximate surface area is 158 Å². The van der Waals surface area contributed by atoms with E-state index in [1.54, 1.807) is 11.3 Å². The van der Waals surface area contributed by atoms with Crippen molar-refractivity contribution in [2.45, 2.75) is 32.6 Å². The van der Waals surface area contributed by atoms with Gasteiger partial charge >= 0.3 is 0 Å². The molecule has 0 radical (unpaired) electrons. The summed E-state index contributed by atoms with van der Waals surface area (Å²) in [5, 5.41) is 0. The Morgan fingerprint density at radius 1 is 1.04 bits per heavy atom. The molecule has 4 aromatic rings. The first-order chi connectivity index (χ1) is 12.7. The van der Waals surface area contributed by atoms with E-state index < -0.39 is 0 Å². The van der Waals surface area contributed by atoms with Crippen molar-refractivity contribution in [1.82, 2.24) is 9.38 Å². The summed E-state index contributed by atoms with van der Waals surface area (Å²) in [4.78, 5) is 8.05. The number of imidazole rings is 1. The second kappa shape index (κ2) is 7.12. The number of nitrogens with zero attached hydrogens (tertiary/aromatic N) is 3. The van der Waals surface area contributed by atoms with E-state index in [1.165, 1.54) is 47.2 Å². The zero-order valence-corrected chi connectivity index (χ0v) is 16.5. The van der Waals surface area contributed by atoms with Crippen LogP contribution in [-0.4, -0.2) is 23.5 Å². The van der Waals surface area contributed by atoms with Crippen LogP contribution in [0.1, 0.15) is 31.7 Å². The highest BCUT2D eigenvalue weighted by Crippen LogP contribution is 2.31. The van der Waals surface area contributed by atoms with Gasteiger partial charge in [-0.2, -0.15) is 0 Å². The number of hydrogen-bond acceptors (Lipinski definition) is 3. The van der Waals surface area contributed by atoms with Crippen molar-refractivity contribution in [3.8, 4) is 11.3 Å². The van der Waals surface area contributed by atoms with Crippen LogP contribution >= 0.6 is 11.3 Å². The second-order valence-electron chi connectivity index (χ2n) is 7.08. The molecule has 134 valence electrons. The topological polar surface area (TPSA) is 20.5 Å². The number of thiazole rings is 1. The molecule has 0 aliphatic carbocycles. The monoisotopic (exact) mass is 363 g/mol. The van der Waals surface area contributed by atoms with Gasteiger partial charge in [0.25, 0.3) is 0 Å². The molecule has 0 unspecified atom stereocenters. The van der Waals surface area contributed by atoms with E-state index >= 15 is 0 Å². The van der Waals surface area contributed by atoms with Gasteiger partial charge in [-0.3, -0.25) is 4.40 Å². The molecule has 26 heavy (non-hydrogen) atoms. The van der Waals surface area contributed by atoms with Crippen molar-refractivity contribution in [2.75, 3.05) is 19.0 Å². The van der Waals surface area contributed by atoms with E-state index in [9.17, 15) is 0 Å². The molecule has 2 aromatic heterocycles. The molecule has 0 amide bonds. The van der Waals surface area contributed by atoms with Gasteiger partial charge in [0.05, 0.1) is 15.9 Å². The van der Waals surface area contributed by atoms with Crippen molar-refractivity contribution in [2.24, 2.45) is 0 Å². The Morgan fingerprint density at radius 3 is 2.58 bits per heavy atom. The number of unbranched alkanes of at least 4 members (excludes halogenated alkanes) is 2. The summed E-state index contributed by atoms with van der Waals surface area (Å²) < 4.78 is 3.56. The van der Waals surface area contributed by atoms with Crippen LogP contribution in [0.2, 0.25) is 0 Å². The van der Waals surface area contributed by atoms with Crippen LogP contribution in [0.15, 0.2) is 48.7 Å². The molecule has 0 spiro atoms. The number of benzene rings is 2. The summed E-state index contributed by atoms with van der Waals surface area (Å²) in [6.07, 6.45) is 7.19. The van der Waals surface area contributed by atoms with Gasteiger partial charge in [0.1, 0.15) is 0 Å². The molecule has 0 bridgehead atoms. The Kier molecular flexibility index (Phi) is 4.68. The molecule has 4 heteroatoms. The minimum atomic E-state index is 1.04. The van der Waals surface area contributed by atoms with E-state index in [2.05, 4.69) is 79.0 Å². The first kappa shape index (κ1) is 17.1. The molecule has 2 aromatic carbocycles. The van der Waals surface area contributed by atoms with Crippen LogP contribution in [-0.2, 0) is 6.42 Å². The lowest BCUT2D eigenvalue weighted by molar-refractivity contribution is 0.718. The predicted molar refractivity (Wildman–Crippen MR) is 114 cm³/mol. The molecule has 4 rings (SSSR count). The van der Waals surface area contributed by atoms with Gasteiger partial charge in [0, 0.05) is 31.5 Å². The zero-order valence-electron chi connectivity index (χ0n) is 15.7. The summed E-state index contributed by atoms with van der Waals surface area (Å²) >= 11 is 1.78.